The number of hydrogen-bond donors (Lipinski definition) is 1. The summed E-state index contributed by atoms with van der Waals surface area (Å²) in [5, 5.41) is 10.8. The number of amides is 1. The molecule has 3 rings (SSSR count). The van der Waals surface area contributed by atoms with Gasteiger partial charge in [-0.2, -0.15) is 0 Å². The van der Waals surface area contributed by atoms with Crippen molar-refractivity contribution in [2.45, 2.75) is 18.6 Å². The third kappa shape index (κ3) is 5.50. The Balaban J connectivity index is 1.52. The van der Waals surface area contributed by atoms with Crippen molar-refractivity contribution >= 4 is 23.5 Å². The molecule has 144 valence electrons. The predicted octanol–water partition coefficient (Wildman–Crippen LogP) is 3.53. The Hall–Kier alpha value is -3.00. The molecule has 3 aromatic rings. The summed E-state index contributed by atoms with van der Waals surface area (Å²) in [6.07, 6.45) is 0.705. The van der Waals surface area contributed by atoms with E-state index in [9.17, 15) is 14.0 Å². The molecule has 0 aliphatic rings. The van der Waals surface area contributed by atoms with Crippen molar-refractivity contribution < 1.29 is 18.4 Å². The molecule has 0 saturated carbocycles. The number of nitrogens with one attached hydrogen (secondary N) is 1. The zero-order valence-corrected chi connectivity index (χ0v) is 16.0. The summed E-state index contributed by atoms with van der Waals surface area (Å²) in [4.78, 5) is 23.2. The molecule has 0 unspecified atom stereocenters. The maximum Gasteiger partial charge on any atom is 0.277 e. The monoisotopic (exact) mass is 399 g/mol. The minimum absolute atomic E-state index is 0.0556. The second-order valence-electron chi connectivity index (χ2n) is 6.02. The van der Waals surface area contributed by atoms with Crippen molar-refractivity contribution in [2.24, 2.45) is 0 Å². The average Bonchev–Trinajstić information content (AvgIpc) is 3.16. The Labute approximate surface area is 165 Å². The maximum absolute atomic E-state index is 13.0. The van der Waals surface area contributed by atoms with E-state index in [1.54, 1.807) is 24.3 Å². The van der Waals surface area contributed by atoms with Gasteiger partial charge in [0.05, 0.1) is 5.75 Å². The number of carbonyl (C=O) groups excluding carboxylic acids is 2. The van der Waals surface area contributed by atoms with E-state index < -0.39 is 0 Å². The molecule has 0 fully saturated rings. The van der Waals surface area contributed by atoms with E-state index in [1.165, 1.54) is 19.1 Å². The van der Waals surface area contributed by atoms with Crippen molar-refractivity contribution in [2.75, 3.05) is 12.3 Å². The van der Waals surface area contributed by atoms with Gasteiger partial charge >= 0.3 is 0 Å². The summed E-state index contributed by atoms with van der Waals surface area (Å²) < 4.78 is 18.5. The first kappa shape index (κ1) is 19.8. The molecule has 1 amide bonds. The summed E-state index contributed by atoms with van der Waals surface area (Å²) in [7, 11) is 0. The molecule has 0 radical (unpaired) electrons. The zero-order valence-electron chi connectivity index (χ0n) is 15.1. The van der Waals surface area contributed by atoms with Gasteiger partial charge in [0.25, 0.3) is 5.22 Å². The van der Waals surface area contributed by atoms with Gasteiger partial charge in [0, 0.05) is 24.6 Å². The van der Waals surface area contributed by atoms with Crippen LogP contribution in [-0.4, -0.2) is 34.2 Å². The Morgan fingerprint density at radius 3 is 2.46 bits per heavy atom. The Morgan fingerprint density at radius 1 is 1.07 bits per heavy atom. The number of aromatic nitrogens is 2. The van der Waals surface area contributed by atoms with E-state index in [0.29, 0.717) is 24.1 Å². The molecule has 0 spiro atoms. The summed E-state index contributed by atoms with van der Waals surface area (Å²) >= 11 is 1.15. The van der Waals surface area contributed by atoms with Gasteiger partial charge in [0.1, 0.15) is 5.82 Å². The number of nitrogens with zero attached hydrogens (tertiary/aromatic N) is 2. The largest absolute Gasteiger partial charge is 0.411 e. The Morgan fingerprint density at radius 2 is 1.79 bits per heavy atom. The van der Waals surface area contributed by atoms with E-state index in [2.05, 4.69) is 15.5 Å². The number of carbonyl (C=O) groups is 2. The van der Waals surface area contributed by atoms with Gasteiger partial charge in [-0.3, -0.25) is 9.59 Å². The molecule has 2 aromatic carbocycles. The number of thioether (sulfide) groups is 1. The zero-order chi connectivity index (χ0) is 19.9. The number of halogens is 1. The lowest BCUT2D eigenvalue weighted by Gasteiger charge is -2.04. The number of ketones is 1. The highest BCUT2D eigenvalue weighted by atomic mass is 32.2. The van der Waals surface area contributed by atoms with Crippen LogP contribution in [0.15, 0.2) is 58.2 Å². The molecule has 0 saturated heterocycles. The lowest BCUT2D eigenvalue weighted by atomic mass is 10.1. The standard InChI is InChI=1S/C20H18FN3O3S/c1-13(25)22-11-10-14-2-4-15(5-3-14)18(26)12-28-20-24-23-19(27-20)16-6-8-17(21)9-7-16/h2-9H,10-12H2,1H3,(H,22,25). The van der Waals surface area contributed by atoms with E-state index in [4.69, 9.17) is 4.42 Å². The van der Waals surface area contributed by atoms with Gasteiger partial charge in [-0.15, -0.1) is 10.2 Å². The van der Waals surface area contributed by atoms with Crippen molar-refractivity contribution in [3.05, 3.63) is 65.5 Å². The first-order chi connectivity index (χ1) is 13.5. The topological polar surface area (TPSA) is 85.1 Å². The van der Waals surface area contributed by atoms with Gasteiger partial charge in [0.2, 0.25) is 11.8 Å². The number of benzene rings is 2. The van der Waals surface area contributed by atoms with Crippen LogP contribution in [0.3, 0.4) is 0 Å². The summed E-state index contributed by atoms with van der Waals surface area (Å²) in [5.41, 5.74) is 2.25. The lowest BCUT2D eigenvalue weighted by Crippen LogP contribution is -2.22. The average molecular weight is 399 g/mol. The fraction of sp³-hybridized carbons (Fsp3) is 0.200. The van der Waals surface area contributed by atoms with Crippen molar-refractivity contribution in [1.29, 1.82) is 0 Å². The molecule has 8 heteroatoms. The fourth-order valence-corrected chi connectivity index (χ4v) is 3.09. The highest BCUT2D eigenvalue weighted by Gasteiger charge is 2.12. The molecule has 0 aliphatic carbocycles. The molecule has 1 N–H and O–H groups in total. The van der Waals surface area contributed by atoms with Crippen molar-refractivity contribution in [1.82, 2.24) is 15.5 Å². The van der Waals surface area contributed by atoms with Gasteiger partial charge in [-0.1, -0.05) is 36.0 Å². The number of Topliss-reactive ketones (excluding diaryl/α,β-unsaturated/α-hetero) is 1. The first-order valence-corrected chi connectivity index (χ1v) is 9.58. The molecule has 1 heterocycles. The summed E-state index contributed by atoms with van der Waals surface area (Å²) in [5.74, 6) is -0.0218. The van der Waals surface area contributed by atoms with Crippen LogP contribution in [0, 0.1) is 5.82 Å². The van der Waals surface area contributed by atoms with Crippen molar-refractivity contribution in [3.8, 4) is 11.5 Å². The molecule has 28 heavy (non-hydrogen) atoms. The van der Waals surface area contributed by atoms with Gasteiger partial charge in [-0.05, 0) is 36.2 Å². The van der Waals surface area contributed by atoms with Gasteiger partial charge < -0.3 is 9.73 Å². The second-order valence-corrected chi connectivity index (χ2v) is 6.95. The number of hydrogen-bond acceptors (Lipinski definition) is 6. The summed E-state index contributed by atoms with van der Waals surface area (Å²) in [6, 6.07) is 13.0. The minimum Gasteiger partial charge on any atom is -0.411 e. The minimum atomic E-state index is -0.343. The van der Waals surface area contributed by atoms with E-state index in [-0.39, 0.29) is 34.4 Å². The molecule has 1 aromatic heterocycles. The highest BCUT2D eigenvalue weighted by molar-refractivity contribution is 7.99. The molecule has 6 nitrogen and oxygen atoms in total. The lowest BCUT2D eigenvalue weighted by molar-refractivity contribution is -0.118. The van der Waals surface area contributed by atoms with Crippen LogP contribution in [0.5, 0.6) is 0 Å². The Bertz CT molecular complexity index is 956. The van der Waals surface area contributed by atoms with Gasteiger partial charge in [0.15, 0.2) is 5.78 Å². The molecule has 0 bridgehead atoms. The third-order valence-corrected chi connectivity index (χ3v) is 4.71. The molecule has 0 aliphatic heterocycles. The van der Waals surface area contributed by atoms with Crippen LogP contribution in [0.25, 0.3) is 11.5 Å². The number of rotatable bonds is 8. The summed E-state index contributed by atoms with van der Waals surface area (Å²) in [6.45, 7) is 2.04. The van der Waals surface area contributed by atoms with Crippen LogP contribution < -0.4 is 5.32 Å². The molecular weight excluding hydrogens is 381 g/mol. The molecule has 0 atom stereocenters. The van der Waals surface area contributed by atoms with Crippen LogP contribution in [0.4, 0.5) is 4.39 Å². The Kier molecular flexibility index (Phi) is 6.54. The quantitative estimate of drug-likeness (QED) is 0.461. The second kappa shape index (κ2) is 9.27. The molecular formula is C20H18FN3O3S. The van der Waals surface area contributed by atoms with Crippen LogP contribution >= 0.6 is 11.8 Å². The fourth-order valence-electron chi connectivity index (χ4n) is 2.43. The van der Waals surface area contributed by atoms with Crippen LogP contribution in [0.2, 0.25) is 0 Å². The van der Waals surface area contributed by atoms with Crippen LogP contribution in [-0.2, 0) is 11.2 Å². The van der Waals surface area contributed by atoms with E-state index >= 15 is 0 Å². The SMILES string of the molecule is CC(=O)NCCc1ccc(C(=O)CSc2nnc(-c3ccc(F)cc3)o2)cc1. The third-order valence-electron chi connectivity index (χ3n) is 3.89. The van der Waals surface area contributed by atoms with E-state index in [1.807, 2.05) is 12.1 Å². The van der Waals surface area contributed by atoms with Gasteiger partial charge in [-0.25, -0.2) is 4.39 Å². The van der Waals surface area contributed by atoms with Crippen molar-refractivity contribution in [3.63, 3.8) is 0 Å². The maximum atomic E-state index is 13.0. The normalized spacial score (nSPS) is 10.6. The highest BCUT2D eigenvalue weighted by Crippen LogP contribution is 2.24. The van der Waals surface area contributed by atoms with E-state index in [0.717, 1.165) is 17.3 Å². The first-order valence-electron chi connectivity index (χ1n) is 8.60. The smallest absolute Gasteiger partial charge is 0.277 e. The van der Waals surface area contributed by atoms with Crippen LogP contribution in [0.1, 0.15) is 22.8 Å². The predicted molar refractivity (Wildman–Crippen MR) is 104 cm³/mol.